The Labute approximate surface area is 84.5 Å². The highest BCUT2D eigenvalue weighted by molar-refractivity contribution is 5.04. The summed E-state index contributed by atoms with van der Waals surface area (Å²) >= 11 is 0. The Bertz CT molecular complexity index is 236. The van der Waals surface area contributed by atoms with E-state index in [-0.39, 0.29) is 6.10 Å². The van der Waals surface area contributed by atoms with Gasteiger partial charge < -0.3 is 14.8 Å². The van der Waals surface area contributed by atoms with Crippen LogP contribution in [0.25, 0.3) is 0 Å². The molecule has 1 aromatic rings. The lowest BCUT2D eigenvalue weighted by Crippen LogP contribution is -2.35. The summed E-state index contributed by atoms with van der Waals surface area (Å²) in [5, 5.41) is 12.5. The number of rotatable bonds is 6. The zero-order chi connectivity index (χ0) is 10.4. The van der Waals surface area contributed by atoms with Gasteiger partial charge in [0.15, 0.2) is 0 Å². The molecule has 0 aliphatic carbocycles. The highest BCUT2D eigenvalue weighted by Crippen LogP contribution is 2.03. The van der Waals surface area contributed by atoms with Gasteiger partial charge in [-0.2, -0.15) is 0 Å². The molecule has 0 spiro atoms. The summed E-state index contributed by atoms with van der Waals surface area (Å²) in [6, 6.07) is 1.93. The molecule has 0 bridgehead atoms. The first kappa shape index (κ1) is 11.2. The van der Waals surface area contributed by atoms with Gasteiger partial charge in [0.25, 0.3) is 0 Å². The third-order valence-corrected chi connectivity index (χ3v) is 1.99. The van der Waals surface area contributed by atoms with Crippen LogP contribution in [0.5, 0.6) is 0 Å². The van der Waals surface area contributed by atoms with E-state index in [0.29, 0.717) is 13.1 Å². The predicted octanol–water partition coefficient (Wildman–Crippen LogP) is 0.292. The molecule has 14 heavy (non-hydrogen) atoms. The fraction of sp³-hybridized carbons (Fsp3) is 0.600. The minimum Gasteiger partial charge on any atom is -0.472 e. The molecule has 0 aliphatic rings. The van der Waals surface area contributed by atoms with E-state index < -0.39 is 0 Å². The molecule has 0 fully saturated rings. The van der Waals surface area contributed by atoms with Gasteiger partial charge in [-0.15, -0.1) is 0 Å². The first-order valence-electron chi connectivity index (χ1n) is 4.74. The monoisotopic (exact) mass is 198 g/mol. The highest BCUT2D eigenvalue weighted by atomic mass is 16.3. The Hall–Kier alpha value is -0.840. The first-order chi connectivity index (χ1) is 6.72. The van der Waals surface area contributed by atoms with Crippen LogP contribution in [0.3, 0.4) is 0 Å². The van der Waals surface area contributed by atoms with Crippen molar-refractivity contribution in [2.45, 2.75) is 12.6 Å². The number of hydrogen-bond donors (Lipinski definition) is 2. The smallest absolute Gasteiger partial charge is 0.0947 e. The van der Waals surface area contributed by atoms with Crippen LogP contribution in [-0.4, -0.2) is 43.3 Å². The number of likely N-dealkylation sites (N-methyl/N-ethyl adjacent to an activating group) is 2. The van der Waals surface area contributed by atoms with Gasteiger partial charge in [-0.1, -0.05) is 0 Å². The van der Waals surface area contributed by atoms with E-state index in [0.717, 1.165) is 12.1 Å². The molecule has 0 radical (unpaired) electrons. The van der Waals surface area contributed by atoms with Crippen molar-refractivity contribution in [1.82, 2.24) is 10.2 Å². The summed E-state index contributed by atoms with van der Waals surface area (Å²) in [7, 11) is 3.81. The van der Waals surface area contributed by atoms with Crippen LogP contribution >= 0.6 is 0 Å². The minimum absolute atomic E-state index is 0.322. The molecule has 0 saturated carbocycles. The molecular weight excluding hydrogens is 180 g/mol. The quantitative estimate of drug-likeness (QED) is 0.690. The average Bonchev–Trinajstić information content (AvgIpc) is 2.56. The van der Waals surface area contributed by atoms with Crippen LogP contribution < -0.4 is 5.32 Å². The van der Waals surface area contributed by atoms with Gasteiger partial charge in [0.2, 0.25) is 0 Å². The zero-order valence-electron chi connectivity index (χ0n) is 8.73. The van der Waals surface area contributed by atoms with Gasteiger partial charge in [0.1, 0.15) is 0 Å². The normalized spacial score (nSPS) is 13.4. The third-order valence-electron chi connectivity index (χ3n) is 1.99. The van der Waals surface area contributed by atoms with Crippen molar-refractivity contribution < 1.29 is 9.52 Å². The first-order valence-corrected chi connectivity index (χ1v) is 4.74. The standard InChI is InChI=1S/C10H18N2O2/c1-11-5-10(13)7-12(2)6-9-3-4-14-8-9/h3-4,8,10-11,13H,5-7H2,1-2H3. The molecule has 1 heterocycles. The fourth-order valence-corrected chi connectivity index (χ4v) is 1.42. The average molecular weight is 198 g/mol. The zero-order valence-corrected chi connectivity index (χ0v) is 8.73. The lowest BCUT2D eigenvalue weighted by Gasteiger charge is -2.19. The fourth-order valence-electron chi connectivity index (χ4n) is 1.42. The van der Waals surface area contributed by atoms with E-state index in [1.165, 1.54) is 0 Å². The summed E-state index contributed by atoms with van der Waals surface area (Å²) in [4.78, 5) is 2.06. The molecule has 1 aromatic heterocycles. The van der Waals surface area contributed by atoms with E-state index in [2.05, 4.69) is 10.2 Å². The molecule has 1 atom stereocenters. The van der Waals surface area contributed by atoms with Crippen molar-refractivity contribution in [3.63, 3.8) is 0 Å². The molecule has 4 nitrogen and oxygen atoms in total. The van der Waals surface area contributed by atoms with Crippen LogP contribution in [-0.2, 0) is 6.54 Å². The van der Waals surface area contributed by atoms with Gasteiger partial charge in [-0.3, -0.25) is 4.90 Å². The van der Waals surface area contributed by atoms with Crippen molar-refractivity contribution in [3.8, 4) is 0 Å². The molecule has 80 valence electrons. The van der Waals surface area contributed by atoms with Gasteiger partial charge in [-0.05, 0) is 20.2 Å². The van der Waals surface area contributed by atoms with E-state index in [4.69, 9.17) is 4.42 Å². The number of nitrogens with zero attached hydrogens (tertiary/aromatic N) is 1. The van der Waals surface area contributed by atoms with Crippen molar-refractivity contribution in [3.05, 3.63) is 24.2 Å². The maximum Gasteiger partial charge on any atom is 0.0947 e. The molecule has 4 heteroatoms. The molecule has 1 unspecified atom stereocenters. The van der Waals surface area contributed by atoms with Gasteiger partial charge in [-0.25, -0.2) is 0 Å². The van der Waals surface area contributed by atoms with Crippen LogP contribution in [0.2, 0.25) is 0 Å². The predicted molar refractivity (Wildman–Crippen MR) is 55.0 cm³/mol. The van der Waals surface area contributed by atoms with E-state index in [9.17, 15) is 5.11 Å². The molecule has 0 aliphatic heterocycles. The second kappa shape index (κ2) is 5.80. The molecule has 1 rings (SSSR count). The summed E-state index contributed by atoms with van der Waals surface area (Å²) in [6.07, 6.45) is 3.06. The van der Waals surface area contributed by atoms with Crippen molar-refractivity contribution in [2.75, 3.05) is 27.2 Å². The van der Waals surface area contributed by atoms with Crippen molar-refractivity contribution >= 4 is 0 Å². The van der Waals surface area contributed by atoms with Crippen LogP contribution in [0.15, 0.2) is 23.0 Å². The second-order valence-corrected chi connectivity index (χ2v) is 3.54. The Morgan fingerprint density at radius 1 is 1.64 bits per heavy atom. The van der Waals surface area contributed by atoms with Gasteiger partial charge in [0.05, 0.1) is 18.6 Å². The summed E-state index contributed by atoms with van der Waals surface area (Å²) in [5.41, 5.74) is 1.13. The van der Waals surface area contributed by atoms with Crippen molar-refractivity contribution in [1.29, 1.82) is 0 Å². The van der Waals surface area contributed by atoms with Crippen LogP contribution in [0.1, 0.15) is 5.56 Å². The van der Waals surface area contributed by atoms with Gasteiger partial charge in [0, 0.05) is 25.2 Å². The summed E-state index contributed by atoms with van der Waals surface area (Å²) < 4.78 is 4.97. The second-order valence-electron chi connectivity index (χ2n) is 3.54. The van der Waals surface area contributed by atoms with Crippen LogP contribution in [0, 0.1) is 0 Å². The Morgan fingerprint density at radius 3 is 3.00 bits per heavy atom. The maximum atomic E-state index is 9.52. The SMILES string of the molecule is CNCC(O)CN(C)Cc1ccoc1. The molecular formula is C10H18N2O2. The van der Waals surface area contributed by atoms with Gasteiger partial charge >= 0.3 is 0 Å². The molecule has 0 amide bonds. The summed E-state index contributed by atoms with van der Waals surface area (Å²) in [6.45, 7) is 2.08. The van der Waals surface area contributed by atoms with E-state index in [1.807, 2.05) is 20.2 Å². The highest BCUT2D eigenvalue weighted by Gasteiger charge is 2.07. The molecule has 2 N–H and O–H groups in total. The van der Waals surface area contributed by atoms with E-state index >= 15 is 0 Å². The number of aliphatic hydroxyl groups is 1. The summed E-state index contributed by atoms with van der Waals surface area (Å²) in [5.74, 6) is 0. The molecule has 0 saturated heterocycles. The Balaban J connectivity index is 2.25. The third kappa shape index (κ3) is 3.91. The van der Waals surface area contributed by atoms with Crippen LogP contribution in [0.4, 0.5) is 0 Å². The largest absolute Gasteiger partial charge is 0.472 e. The lowest BCUT2D eigenvalue weighted by molar-refractivity contribution is 0.123. The number of hydrogen-bond acceptors (Lipinski definition) is 4. The Kier molecular flexibility index (Phi) is 4.65. The topological polar surface area (TPSA) is 48.6 Å². The number of furan rings is 1. The van der Waals surface area contributed by atoms with E-state index in [1.54, 1.807) is 12.5 Å². The lowest BCUT2D eigenvalue weighted by atomic mass is 10.3. The minimum atomic E-state index is -0.322. The molecule has 0 aromatic carbocycles. The number of aliphatic hydroxyl groups excluding tert-OH is 1. The van der Waals surface area contributed by atoms with Crippen molar-refractivity contribution in [2.24, 2.45) is 0 Å². The number of nitrogens with one attached hydrogen (secondary N) is 1. The Morgan fingerprint density at radius 2 is 2.43 bits per heavy atom. The maximum absolute atomic E-state index is 9.52.